The van der Waals surface area contributed by atoms with Gasteiger partial charge in [-0.3, -0.25) is 32.5 Å². The van der Waals surface area contributed by atoms with E-state index in [0.29, 0.717) is 23.1 Å². The molecule has 8 N–H and O–H groups in total. The number of amidine groups is 2. The first-order valence-corrected chi connectivity index (χ1v) is 13.4. The van der Waals surface area contributed by atoms with E-state index >= 15 is 0 Å². The summed E-state index contributed by atoms with van der Waals surface area (Å²) in [7, 11) is 0. The molecule has 0 radical (unpaired) electrons. The molecule has 13 heteroatoms. The van der Waals surface area contributed by atoms with Gasteiger partial charge in [-0.1, -0.05) is 36.4 Å². The fraction of sp³-hybridized carbons (Fsp3) is 0.125. The Morgan fingerprint density at radius 2 is 1.24 bits per heavy atom. The Morgan fingerprint density at radius 1 is 0.667 bits per heavy atom. The van der Waals surface area contributed by atoms with Gasteiger partial charge in [-0.15, -0.1) is 13.2 Å². The van der Waals surface area contributed by atoms with Gasteiger partial charge in [-0.05, 0) is 73.2 Å². The molecule has 1 aliphatic rings. The summed E-state index contributed by atoms with van der Waals surface area (Å²) in [5.74, 6) is 9.17. The molecule has 0 atom stereocenters. The molecule has 5 heterocycles. The van der Waals surface area contributed by atoms with Crippen molar-refractivity contribution in [3.05, 3.63) is 145 Å². The number of pyridine rings is 4. The number of hydrogen-bond donors (Lipinski definition) is 4. The van der Waals surface area contributed by atoms with Gasteiger partial charge in [0, 0.05) is 24.8 Å². The van der Waals surface area contributed by atoms with Crippen molar-refractivity contribution < 1.29 is 5.48 Å². The summed E-state index contributed by atoms with van der Waals surface area (Å²) in [6, 6.07) is 22.6. The van der Waals surface area contributed by atoms with Gasteiger partial charge in [-0.2, -0.15) is 20.7 Å². The van der Waals surface area contributed by atoms with Gasteiger partial charge in [0.1, 0.15) is 34.9 Å². The molecule has 45 heavy (non-hydrogen) atoms. The van der Waals surface area contributed by atoms with Crippen molar-refractivity contribution in [1.29, 1.82) is 10.5 Å². The van der Waals surface area contributed by atoms with Gasteiger partial charge in [0.15, 0.2) is 11.7 Å². The van der Waals surface area contributed by atoms with Crippen LogP contribution in [0.5, 0.6) is 0 Å². The zero-order valence-corrected chi connectivity index (χ0v) is 24.7. The Labute approximate surface area is 262 Å². The molecule has 230 valence electrons. The van der Waals surface area contributed by atoms with Gasteiger partial charge in [-0.25, -0.2) is 9.97 Å². The summed E-state index contributed by atoms with van der Waals surface area (Å²) in [4.78, 5) is 16.3. The highest BCUT2D eigenvalue weighted by atomic mass is 16.0. The van der Waals surface area contributed by atoms with E-state index < -0.39 is 0 Å². The zero-order valence-electron chi connectivity index (χ0n) is 24.7. The molecule has 0 bridgehead atoms. The number of hydrogen-bond acceptors (Lipinski definition) is 12. The SMILES string of the molecule is C=CCCc1cccnc1C#N.C=CCCc1cccnc1C1=NNC(c2ccccn2)=NN1.N#Cc1ccccn1.NN.O. The molecule has 1 aliphatic heterocycles. The van der Waals surface area contributed by atoms with Crippen LogP contribution in [0.2, 0.25) is 0 Å². The fourth-order valence-electron chi connectivity index (χ4n) is 3.53. The Balaban J connectivity index is 0.000000370. The average Bonchev–Trinajstić information content (AvgIpc) is 3.12. The smallest absolute Gasteiger partial charge is 0.192 e. The molecule has 0 saturated heterocycles. The lowest BCUT2D eigenvalue weighted by Crippen LogP contribution is -2.35. The molecule has 4 aromatic heterocycles. The summed E-state index contributed by atoms with van der Waals surface area (Å²) in [5, 5.41) is 25.5. The normalized spacial score (nSPS) is 10.5. The van der Waals surface area contributed by atoms with E-state index in [-0.39, 0.29) is 5.48 Å². The maximum absolute atomic E-state index is 8.68. The monoisotopic (exact) mass is 604 g/mol. The Bertz CT molecular complexity index is 1590. The van der Waals surface area contributed by atoms with Crippen molar-refractivity contribution in [2.24, 2.45) is 21.9 Å². The topological polar surface area (TPSA) is 231 Å². The van der Waals surface area contributed by atoms with Gasteiger partial charge >= 0.3 is 0 Å². The minimum Gasteiger partial charge on any atom is -0.412 e. The number of rotatable bonds is 8. The summed E-state index contributed by atoms with van der Waals surface area (Å²) < 4.78 is 0. The fourth-order valence-corrected chi connectivity index (χ4v) is 3.53. The Hall–Kier alpha value is -6.12. The number of nitrogens with zero attached hydrogens (tertiary/aromatic N) is 8. The van der Waals surface area contributed by atoms with E-state index in [0.717, 1.165) is 48.2 Å². The molecule has 0 unspecified atom stereocenters. The third-order valence-electron chi connectivity index (χ3n) is 5.58. The van der Waals surface area contributed by atoms with Crippen LogP contribution in [0.1, 0.15) is 46.7 Å². The summed E-state index contributed by atoms with van der Waals surface area (Å²) in [6.45, 7) is 7.38. The van der Waals surface area contributed by atoms with Crippen molar-refractivity contribution in [2.75, 3.05) is 0 Å². The van der Waals surface area contributed by atoms with E-state index in [9.17, 15) is 0 Å². The van der Waals surface area contributed by atoms with Crippen LogP contribution in [0.4, 0.5) is 0 Å². The van der Waals surface area contributed by atoms with Crippen molar-refractivity contribution in [3.8, 4) is 12.1 Å². The molecule has 0 aromatic carbocycles. The second-order valence-corrected chi connectivity index (χ2v) is 8.47. The van der Waals surface area contributed by atoms with Gasteiger partial charge in [0.05, 0.1) is 0 Å². The van der Waals surface area contributed by atoms with Crippen molar-refractivity contribution >= 4 is 11.7 Å². The van der Waals surface area contributed by atoms with Gasteiger partial charge < -0.3 is 5.48 Å². The van der Waals surface area contributed by atoms with Crippen molar-refractivity contribution in [1.82, 2.24) is 30.8 Å². The third kappa shape index (κ3) is 12.7. The second-order valence-electron chi connectivity index (χ2n) is 8.47. The van der Waals surface area contributed by atoms with E-state index in [2.05, 4.69) is 71.9 Å². The lowest BCUT2D eigenvalue weighted by molar-refractivity contribution is 0.824. The van der Waals surface area contributed by atoms with Crippen LogP contribution in [-0.2, 0) is 12.8 Å². The molecule has 13 nitrogen and oxygen atoms in total. The molecule has 0 spiro atoms. The van der Waals surface area contributed by atoms with E-state index in [1.165, 1.54) is 0 Å². The molecule has 0 saturated carbocycles. The Kier molecular flexibility index (Phi) is 18.4. The first-order chi connectivity index (χ1) is 21.7. The average molecular weight is 605 g/mol. The molecular formula is C32H36N12O. The molecule has 4 aromatic rings. The van der Waals surface area contributed by atoms with Crippen LogP contribution < -0.4 is 22.5 Å². The quantitative estimate of drug-likeness (QED) is 0.130. The predicted octanol–water partition coefficient (Wildman–Crippen LogP) is 2.83. The van der Waals surface area contributed by atoms with E-state index in [1.807, 2.05) is 60.7 Å². The minimum absolute atomic E-state index is 0. The Morgan fingerprint density at radius 3 is 1.78 bits per heavy atom. The first-order valence-electron chi connectivity index (χ1n) is 13.4. The van der Waals surface area contributed by atoms with Crippen LogP contribution in [0.3, 0.4) is 0 Å². The van der Waals surface area contributed by atoms with Crippen LogP contribution in [0.25, 0.3) is 0 Å². The highest BCUT2D eigenvalue weighted by Crippen LogP contribution is 2.10. The number of hydrazine groups is 1. The number of nitrogens with one attached hydrogen (secondary N) is 2. The number of aromatic nitrogens is 4. The number of nitrogens with two attached hydrogens (primary N) is 2. The third-order valence-corrected chi connectivity index (χ3v) is 5.58. The zero-order chi connectivity index (χ0) is 31.8. The molecule has 0 amide bonds. The molecule has 5 rings (SSSR count). The number of nitriles is 2. The maximum atomic E-state index is 8.68. The first kappa shape index (κ1) is 36.9. The number of allylic oxidation sites excluding steroid dienone is 2. The summed E-state index contributed by atoms with van der Waals surface area (Å²) >= 11 is 0. The minimum atomic E-state index is 0. The predicted molar refractivity (Wildman–Crippen MR) is 175 cm³/mol. The van der Waals surface area contributed by atoms with Crippen molar-refractivity contribution in [2.45, 2.75) is 25.7 Å². The lowest BCUT2D eigenvalue weighted by Gasteiger charge is -2.15. The molecular weight excluding hydrogens is 568 g/mol. The molecule has 0 fully saturated rings. The van der Waals surface area contributed by atoms with E-state index in [4.69, 9.17) is 10.5 Å². The van der Waals surface area contributed by atoms with Crippen LogP contribution in [0, 0.1) is 22.7 Å². The lowest BCUT2D eigenvalue weighted by atomic mass is 10.1. The largest absolute Gasteiger partial charge is 0.412 e. The maximum Gasteiger partial charge on any atom is 0.192 e. The van der Waals surface area contributed by atoms with Gasteiger partial charge in [0.25, 0.3) is 0 Å². The van der Waals surface area contributed by atoms with Crippen LogP contribution >= 0.6 is 0 Å². The van der Waals surface area contributed by atoms with Crippen LogP contribution in [-0.4, -0.2) is 37.1 Å². The number of hydrazone groups is 2. The summed E-state index contributed by atoms with van der Waals surface area (Å²) in [5.41, 5.74) is 10.5. The highest BCUT2D eigenvalue weighted by molar-refractivity contribution is 6.04. The van der Waals surface area contributed by atoms with Gasteiger partial charge in [0.2, 0.25) is 0 Å². The standard InChI is InChI=1S/C16H16N6.C10H10N2.C6H4N2.H4N2.H2O/c1-2-3-7-12-8-6-11-18-14(12)16-21-19-15(20-22-16)13-9-4-5-10-17-13;1-2-3-5-9-6-4-7-12-10(9)8-11;7-5-6-3-1-2-4-8-6;1-2;/h2,4-6,8-11H,1,3,7H2,(H,19,20)(H,21,22);2,4,6-7H,1,3,5H2;1-4H;1-2H2;1H2. The van der Waals surface area contributed by atoms with Crippen LogP contribution in [0.15, 0.2) is 121 Å². The number of aryl methyl sites for hydroxylation is 2. The summed E-state index contributed by atoms with van der Waals surface area (Å²) in [6.07, 6.45) is 13.9. The van der Waals surface area contributed by atoms with E-state index in [1.54, 1.807) is 43.0 Å². The highest BCUT2D eigenvalue weighted by Gasteiger charge is 2.15. The second kappa shape index (κ2) is 22.5. The van der Waals surface area contributed by atoms with Crippen molar-refractivity contribution in [3.63, 3.8) is 0 Å². The molecule has 0 aliphatic carbocycles.